The van der Waals surface area contributed by atoms with Gasteiger partial charge in [0, 0.05) is 16.6 Å². The van der Waals surface area contributed by atoms with E-state index in [4.69, 9.17) is 16.7 Å². The molecule has 0 fully saturated rings. The zero-order valence-corrected chi connectivity index (χ0v) is 9.39. The molecule has 1 aromatic rings. The van der Waals surface area contributed by atoms with Gasteiger partial charge in [-0.1, -0.05) is 11.6 Å². The third kappa shape index (κ3) is 1.48. The second kappa shape index (κ2) is 3.44. The molecule has 0 saturated carbocycles. The summed E-state index contributed by atoms with van der Waals surface area (Å²) in [6, 6.07) is 3.07. The molecule has 0 spiro atoms. The van der Waals surface area contributed by atoms with Crippen LogP contribution in [-0.2, 0) is 11.2 Å². The Bertz CT molecular complexity index is 408. The number of anilines is 1. The SMILES string of the molecule is O=C(O)C1Cc2c(ccc(Br)c2Cl)N1. The van der Waals surface area contributed by atoms with E-state index in [1.165, 1.54) is 0 Å². The molecule has 0 amide bonds. The van der Waals surface area contributed by atoms with Gasteiger partial charge in [-0.3, -0.25) is 0 Å². The maximum absolute atomic E-state index is 10.7. The summed E-state index contributed by atoms with van der Waals surface area (Å²) in [5.74, 6) is -0.853. The number of hydrogen-bond acceptors (Lipinski definition) is 2. The zero-order chi connectivity index (χ0) is 10.3. The van der Waals surface area contributed by atoms with Gasteiger partial charge in [0.05, 0.1) is 5.02 Å². The Morgan fingerprint density at radius 2 is 2.36 bits per heavy atom. The van der Waals surface area contributed by atoms with Crippen LogP contribution >= 0.6 is 27.5 Å². The lowest BCUT2D eigenvalue weighted by molar-refractivity contribution is -0.137. The van der Waals surface area contributed by atoms with Crippen molar-refractivity contribution in [1.82, 2.24) is 0 Å². The van der Waals surface area contributed by atoms with Crippen molar-refractivity contribution < 1.29 is 9.90 Å². The number of carboxylic acid groups (broad SMARTS) is 1. The number of nitrogens with one attached hydrogen (secondary N) is 1. The van der Waals surface area contributed by atoms with Crippen LogP contribution in [0.2, 0.25) is 5.02 Å². The molecule has 1 aliphatic heterocycles. The number of fused-ring (bicyclic) bond motifs is 1. The standard InChI is InChI=1S/C9H7BrClNO2/c10-5-1-2-6-4(8(5)11)3-7(12-6)9(13)14/h1-2,7,12H,3H2,(H,13,14). The molecule has 1 aromatic carbocycles. The lowest BCUT2D eigenvalue weighted by Crippen LogP contribution is -2.26. The highest BCUT2D eigenvalue weighted by molar-refractivity contribution is 9.10. The van der Waals surface area contributed by atoms with Gasteiger partial charge >= 0.3 is 5.97 Å². The van der Waals surface area contributed by atoms with Crippen LogP contribution < -0.4 is 5.32 Å². The van der Waals surface area contributed by atoms with E-state index in [1.807, 2.05) is 6.07 Å². The minimum atomic E-state index is -0.853. The predicted octanol–water partition coefficient (Wildman–Crippen LogP) is 2.52. The molecule has 1 unspecified atom stereocenters. The highest BCUT2D eigenvalue weighted by Gasteiger charge is 2.28. The van der Waals surface area contributed by atoms with Crippen molar-refractivity contribution in [1.29, 1.82) is 0 Å². The first kappa shape index (κ1) is 9.80. The third-order valence-electron chi connectivity index (χ3n) is 2.23. The predicted molar refractivity (Wildman–Crippen MR) is 57.9 cm³/mol. The summed E-state index contributed by atoms with van der Waals surface area (Å²) >= 11 is 9.33. The lowest BCUT2D eigenvalue weighted by atomic mass is 10.1. The first-order valence-electron chi connectivity index (χ1n) is 4.06. The van der Waals surface area contributed by atoms with E-state index in [-0.39, 0.29) is 0 Å². The second-order valence-corrected chi connectivity index (χ2v) is 4.36. The van der Waals surface area contributed by atoms with Crippen LogP contribution in [0.1, 0.15) is 5.56 Å². The fourth-order valence-electron chi connectivity index (χ4n) is 1.52. The highest BCUT2D eigenvalue weighted by Crippen LogP contribution is 2.36. The topological polar surface area (TPSA) is 49.3 Å². The highest BCUT2D eigenvalue weighted by atomic mass is 79.9. The van der Waals surface area contributed by atoms with Crippen molar-refractivity contribution in [3.63, 3.8) is 0 Å². The molecule has 74 valence electrons. The van der Waals surface area contributed by atoms with Gasteiger partial charge in [-0.2, -0.15) is 0 Å². The van der Waals surface area contributed by atoms with E-state index >= 15 is 0 Å². The molecule has 14 heavy (non-hydrogen) atoms. The van der Waals surface area contributed by atoms with Crippen molar-refractivity contribution in [2.75, 3.05) is 5.32 Å². The second-order valence-electron chi connectivity index (χ2n) is 3.13. The maximum Gasteiger partial charge on any atom is 0.326 e. The first-order chi connectivity index (χ1) is 6.59. The first-order valence-corrected chi connectivity index (χ1v) is 5.23. The lowest BCUT2D eigenvalue weighted by Gasteiger charge is -2.03. The van der Waals surface area contributed by atoms with E-state index in [0.29, 0.717) is 11.4 Å². The quantitative estimate of drug-likeness (QED) is 0.829. The molecule has 1 atom stereocenters. The molecule has 0 radical (unpaired) electrons. The number of halogens is 2. The van der Waals surface area contributed by atoms with Crippen molar-refractivity contribution in [3.05, 3.63) is 27.2 Å². The summed E-state index contributed by atoms with van der Waals surface area (Å²) in [4.78, 5) is 10.7. The van der Waals surface area contributed by atoms with Gasteiger partial charge in [-0.25, -0.2) is 4.79 Å². The Morgan fingerprint density at radius 3 is 3.00 bits per heavy atom. The van der Waals surface area contributed by atoms with E-state index in [2.05, 4.69) is 21.2 Å². The summed E-state index contributed by atoms with van der Waals surface area (Å²) in [5, 5.41) is 12.3. The molecule has 0 aromatic heterocycles. The van der Waals surface area contributed by atoms with Gasteiger partial charge in [0.2, 0.25) is 0 Å². The number of rotatable bonds is 1. The Kier molecular flexibility index (Phi) is 2.41. The van der Waals surface area contributed by atoms with Crippen molar-refractivity contribution in [2.24, 2.45) is 0 Å². The zero-order valence-electron chi connectivity index (χ0n) is 7.05. The molecule has 1 heterocycles. The van der Waals surface area contributed by atoms with Gasteiger partial charge in [-0.05, 0) is 33.6 Å². The van der Waals surface area contributed by atoms with E-state index in [0.717, 1.165) is 15.7 Å². The molecule has 0 aliphatic carbocycles. The summed E-state index contributed by atoms with van der Waals surface area (Å²) in [6.45, 7) is 0. The number of hydrogen-bond donors (Lipinski definition) is 2. The number of carbonyl (C=O) groups is 1. The summed E-state index contributed by atoms with van der Waals surface area (Å²) in [7, 11) is 0. The van der Waals surface area contributed by atoms with Gasteiger partial charge in [0.1, 0.15) is 6.04 Å². The van der Waals surface area contributed by atoms with Crippen LogP contribution in [0.5, 0.6) is 0 Å². The smallest absolute Gasteiger partial charge is 0.326 e. The van der Waals surface area contributed by atoms with Crippen LogP contribution in [0, 0.1) is 0 Å². The van der Waals surface area contributed by atoms with Crippen LogP contribution in [0.4, 0.5) is 5.69 Å². The maximum atomic E-state index is 10.7. The normalized spacial score (nSPS) is 18.9. The fourth-order valence-corrected chi connectivity index (χ4v) is 2.13. The van der Waals surface area contributed by atoms with Crippen LogP contribution in [-0.4, -0.2) is 17.1 Å². The van der Waals surface area contributed by atoms with E-state index in [1.54, 1.807) is 6.07 Å². The minimum Gasteiger partial charge on any atom is -0.480 e. The van der Waals surface area contributed by atoms with Crippen molar-refractivity contribution in [2.45, 2.75) is 12.5 Å². The van der Waals surface area contributed by atoms with Crippen molar-refractivity contribution in [3.8, 4) is 0 Å². The number of aliphatic carboxylic acids is 1. The number of benzene rings is 1. The van der Waals surface area contributed by atoms with Gasteiger partial charge in [0.15, 0.2) is 0 Å². The molecule has 2 N–H and O–H groups in total. The molecule has 0 bridgehead atoms. The van der Waals surface area contributed by atoms with Gasteiger partial charge in [0.25, 0.3) is 0 Å². The molecule has 1 aliphatic rings. The molecular formula is C9H7BrClNO2. The van der Waals surface area contributed by atoms with Crippen LogP contribution in [0.3, 0.4) is 0 Å². The Balaban J connectivity index is 2.40. The molecular weight excluding hydrogens is 269 g/mol. The third-order valence-corrected chi connectivity index (χ3v) is 3.55. The fraction of sp³-hybridized carbons (Fsp3) is 0.222. The Labute approximate surface area is 94.2 Å². The van der Waals surface area contributed by atoms with Gasteiger partial charge < -0.3 is 10.4 Å². The number of carboxylic acids is 1. The monoisotopic (exact) mass is 275 g/mol. The van der Waals surface area contributed by atoms with Crippen molar-refractivity contribution >= 4 is 39.2 Å². The largest absolute Gasteiger partial charge is 0.480 e. The average molecular weight is 277 g/mol. The summed E-state index contributed by atoms with van der Waals surface area (Å²) < 4.78 is 0.797. The molecule has 5 heteroatoms. The molecule has 3 nitrogen and oxygen atoms in total. The Morgan fingerprint density at radius 1 is 1.64 bits per heavy atom. The molecule has 0 saturated heterocycles. The summed E-state index contributed by atoms with van der Waals surface area (Å²) in [6.07, 6.45) is 0.433. The van der Waals surface area contributed by atoms with Crippen LogP contribution in [0.15, 0.2) is 16.6 Å². The Hall–Kier alpha value is -0.740. The van der Waals surface area contributed by atoms with E-state index in [9.17, 15) is 4.79 Å². The van der Waals surface area contributed by atoms with Crippen LogP contribution in [0.25, 0.3) is 0 Å². The summed E-state index contributed by atoms with van der Waals surface area (Å²) in [5.41, 5.74) is 1.68. The minimum absolute atomic E-state index is 0.433. The van der Waals surface area contributed by atoms with Gasteiger partial charge in [-0.15, -0.1) is 0 Å². The average Bonchev–Trinajstić information content (AvgIpc) is 2.56. The molecule has 2 rings (SSSR count). The van der Waals surface area contributed by atoms with E-state index < -0.39 is 12.0 Å².